The van der Waals surface area contributed by atoms with E-state index in [0.717, 1.165) is 16.7 Å². The van der Waals surface area contributed by atoms with Gasteiger partial charge >= 0.3 is 5.97 Å². The molecule has 3 nitrogen and oxygen atoms in total. The molecule has 0 fully saturated rings. The second-order valence-corrected chi connectivity index (χ2v) is 4.23. The van der Waals surface area contributed by atoms with Crippen LogP contribution in [-0.4, -0.2) is 16.2 Å². The predicted molar refractivity (Wildman–Crippen MR) is 62.5 cm³/mol. The molecule has 0 spiro atoms. The van der Waals surface area contributed by atoms with Crippen LogP contribution in [0.1, 0.15) is 41.2 Å². The third-order valence-corrected chi connectivity index (χ3v) is 2.97. The van der Waals surface area contributed by atoms with E-state index in [4.69, 9.17) is 5.11 Å². The molecule has 0 amide bonds. The Bertz CT molecular complexity index is 373. The molecule has 1 rings (SSSR count). The van der Waals surface area contributed by atoms with E-state index in [0.29, 0.717) is 0 Å². The highest BCUT2D eigenvalue weighted by Gasteiger charge is 2.11. The van der Waals surface area contributed by atoms with Gasteiger partial charge in [0.15, 0.2) is 0 Å². The van der Waals surface area contributed by atoms with Crippen LogP contribution in [0.25, 0.3) is 0 Å². The number of hydrogen-bond donors (Lipinski definition) is 2. The molecule has 0 aromatic heterocycles. The van der Waals surface area contributed by atoms with Crippen molar-refractivity contribution in [2.24, 2.45) is 0 Å². The minimum atomic E-state index is -0.875. The molecule has 0 saturated carbocycles. The minimum absolute atomic E-state index is 0.00681. The molecular formula is C13H18O3. The Balaban J connectivity index is 2.84. The van der Waals surface area contributed by atoms with Crippen molar-refractivity contribution in [2.75, 3.05) is 0 Å². The van der Waals surface area contributed by atoms with Crippen LogP contribution in [0.5, 0.6) is 0 Å². The highest BCUT2D eigenvalue weighted by atomic mass is 16.4. The summed E-state index contributed by atoms with van der Waals surface area (Å²) in [6.45, 7) is 6.03. The Kier molecular flexibility index (Phi) is 4.07. The SMILES string of the molecule is Cc1cc(C(O)CCC(=O)O)cc(C)c1C. The number of aliphatic hydroxyl groups is 1. The van der Waals surface area contributed by atoms with Gasteiger partial charge in [-0.05, 0) is 49.4 Å². The second-order valence-electron chi connectivity index (χ2n) is 4.23. The molecule has 1 unspecified atom stereocenters. The maximum Gasteiger partial charge on any atom is 0.303 e. The highest BCUT2D eigenvalue weighted by Crippen LogP contribution is 2.23. The van der Waals surface area contributed by atoms with Crippen molar-refractivity contribution >= 4 is 5.97 Å². The summed E-state index contributed by atoms with van der Waals surface area (Å²) in [5, 5.41) is 18.4. The van der Waals surface area contributed by atoms with E-state index < -0.39 is 12.1 Å². The first-order valence-electron chi connectivity index (χ1n) is 5.39. The van der Waals surface area contributed by atoms with Gasteiger partial charge in [-0.15, -0.1) is 0 Å². The first kappa shape index (κ1) is 12.7. The van der Waals surface area contributed by atoms with Gasteiger partial charge in [0.25, 0.3) is 0 Å². The van der Waals surface area contributed by atoms with E-state index in [-0.39, 0.29) is 12.8 Å². The molecule has 0 radical (unpaired) electrons. The number of aliphatic hydroxyl groups excluding tert-OH is 1. The van der Waals surface area contributed by atoms with Crippen LogP contribution in [0, 0.1) is 20.8 Å². The van der Waals surface area contributed by atoms with E-state index in [1.807, 2.05) is 32.9 Å². The maximum atomic E-state index is 10.4. The zero-order valence-electron chi connectivity index (χ0n) is 9.95. The zero-order chi connectivity index (χ0) is 12.3. The Labute approximate surface area is 95.7 Å². The summed E-state index contributed by atoms with van der Waals surface area (Å²) in [5.74, 6) is -0.875. The van der Waals surface area contributed by atoms with Gasteiger partial charge < -0.3 is 10.2 Å². The fourth-order valence-electron chi connectivity index (χ4n) is 1.69. The molecule has 0 bridgehead atoms. The highest BCUT2D eigenvalue weighted by molar-refractivity contribution is 5.66. The van der Waals surface area contributed by atoms with Gasteiger partial charge in [0.05, 0.1) is 6.10 Å². The van der Waals surface area contributed by atoms with Crippen molar-refractivity contribution in [3.8, 4) is 0 Å². The van der Waals surface area contributed by atoms with Crippen LogP contribution in [0.15, 0.2) is 12.1 Å². The van der Waals surface area contributed by atoms with Gasteiger partial charge in [0, 0.05) is 6.42 Å². The number of carboxylic acids is 1. The molecule has 0 aliphatic carbocycles. The van der Waals surface area contributed by atoms with Crippen LogP contribution in [-0.2, 0) is 4.79 Å². The standard InChI is InChI=1S/C13H18O3/c1-8-6-11(7-9(2)10(8)3)12(14)4-5-13(15)16/h6-7,12,14H,4-5H2,1-3H3,(H,15,16). The number of hydrogen-bond acceptors (Lipinski definition) is 2. The molecule has 1 atom stereocenters. The number of benzene rings is 1. The lowest BCUT2D eigenvalue weighted by Crippen LogP contribution is -2.03. The third-order valence-electron chi connectivity index (χ3n) is 2.97. The molecule has 0 saturated heterocycles. The van der Waals surface area contributed by atoms with Crippen LogP contribution < -0.4 is 0 Å². The lowest BCUT2D eigenvalue weighted by Gasteiger charge is -2.13. The average Bonchev–Trinajstić information content (AvgIpc) is 2.21. The lowest BCUT2D eigenvalue weighted by atomic mass is 9.96. The molecule has 2 N–H and O–H groups in total. The summed E-state index contributed by atoms with van der Waals surface area (Å²) in [6, 6.07) is 3.85. The molecule has 0 aliphatic heterocycles. The lowest BCUT2D eigenvalue weighted by molar-refractivity contribution is -0.137. The molecule has 1 aromatic rings. The van der Waals surface area contributed by atoms with E-state index in [1.54, 1.807) is 0 Å². The molecule has 3 heteroatoms. The minimum Gasteiger partial charge on any atom is -0.481 e. The van der Waals surface area contributed by atoms with Crippen molar-refractivity contribution in [2.45, 2.75) is 39.7 Å². The largest absolute Gasteiger partial charge is 0.481 e. The Morgan fingerprint density at radius 3 is 2.19 bits per heavy atom. The normalized spacial score (nSPS) is 12.5. The van der Waals surface area contributed by atoms with Crippen molar-refractivity contribution in [3.63, 3.8) is 0 Å². The fourth-order valence-corrected chi connectivity index (χ4v) is 1.69. The summed E-state index contributed by atoms with van der Waals surface area (Å²) >= 11 is 0. The number of aliphatic carboxylic acids is 1. The summed E-state index contributed by atoms with van der Waals surface area (Å²) in [5.41, 5.74) is 4.28. The van der Waals surface area contributed by atoms with E-state index >= 15 is 0 Å². The Morgan fingerprint density at radius 2 is 1.75 bits per heavy atom. The number of carbonyl (C=O) groups is 1. The van der Waals surface area contributed by atoms with Gasteiger partial charge in [-0.2, -0.15) is 0 Å². The predicted octanol–water partition coefficient (Wildman–Crippen LogP) is 2.51. The van der Waals surface area contributed by atoms with Crippen LogP contribution >= 0.6 is 0 Å². The van der Waals surface area contributed by atoms with Gasteiger partial charge in [-0.25, -0.2) is 0 Å². The molecule has 88 valence electrons. The quantitative estimate of drug-likeness (QED) is 0.823. The molecule has 0 heterocycles. The van der Waals surface area contributed by atoms with E-state index in [2.05, 4.69) is 0 Å². The first-order chi connectivity index (χ1) is 7.41. The zero-order valence-corrected chi connectivity index (χ0v) is 9.95. The molecular weight excluding hydrogens is 204 g/mol. The average molecular weight is 222 g/mol. The first-order valence-corrected chi connectivity index (χ1v) is 5.39. The maximum absolute atomic E-state index is 10.4. The summed E-state index contributed by atoms with van der Waals surface area (Å²) in [4.78, 5) is 10.4. The smallest absolute Gasteiger partial charge is 0.303 e. The van der Waals surface area contributed by atoms with Crippen molar-refractivity contribution in [1.29, 1.82) is 0 Å². The molecule has 1 aromatic carbocycles. The topological polar surface area (TPSA) is 57.5 Å². The van der Waals surface area contributed by atoms with Crippen molar-refractivity contribution < 1.29 is 15.0 Å². The third kappa shape index (κ3) is 3.07. The second kappa shape index (κ2) is 5.12. The molecule has 0 aliphatic rings. The van der Waals surface area contributed by atoms with Crippen LogP contribution in [0.2, 0.25) is 0 Å². The number of carboxylic acid groups (broad SMARTS) is 1. The van der Waals surface area contributed by atoms with E-state index in [1.165, 1.54) is 5.56 Å². The number of rotatable bonds is 4. The Hall–Kier alpha value is -1.35. The molecule has 16 heavy (non-hydrogen) atoms. The monoisotopic (exact) mass is 222 g/mol. The van der Waals surface area contributed by atoms with Gasteiger partial charge in [-0.1, -0.05) is 12.1 Å². The van der Waals surface area contributed by atoms with Crippen molar-refractivity contribution in [3.05, 3.63) is 34.4 Å². The van der Waals surface area contributed by atoms with Crippen molar-refractivity contribution in [1.82, 2.24) is 0 Å². The summed E-state index contributed by atoms with van der Waals surface area (Å²) < 4.78 is 0. The van der Waals surface area contributed by atoms with Gasteiger partial charge in [0.1, 0.15) is 0 Å². The number of aryl methyl sites for hydroxylation is 2. The van der Waals surface area contributed by atoms with Gasteiger partial charge in [0.2, 0.25) is 0 Å². The summed E-state index contributed by atoms with van der Waals surface area (Å²) in [7, 11) is 0. The fraction of sp³-hybridized carbons (Fsp3) is 0.462. The van der Waals surface area contributed by atoms with Gasteiger partial charge in [-0.3, -0.25) is 4.79 Å². The Morgan fingerprint density at radius 1 is 1.25 bits per heavy atom. The van der Waals surface area contributed by atoms with Crippen LogP contribution in [0.4, 0.5) is 0 Å². The summed E-state index contributed by atoms with van der Waals surface area (Å²) in [6.07, 6.45) is -0.432. The van der Waals surface area contributed by atoms with E-state index in [9.17, 15) is 9.90 Å². The van der Waals surface area contributed by atoms with Crippen LogP contribution in [0.3, 0.4) is 0 Å².